The van der Waals surface area contributed by atoms with Crippen molar-refractivity contribution in [2.24, 2.45) is 0 Å². The summed E-state index contributed by atoms with van der Waals surface area (Å²) in [5, 5.41) is 15.2. The fraction of sp³-hybridized carbons (Fsp3) is 0.300. The van der Waals surface area contributed by atoms with Gasteiger partial charge in [0.25, 0.3) is 0 Å². The van der Waals surface area contributed by atoms with Crippen molar-refractivity contribution in [3.63, 3.8) is 0 Å². The first kappa shape index (κ1) is 20.0. The second-order valence-electron chi connectivity index (χ2n) is 6.03. The number of carbonyl (C=O) groups excluding carboxylic acids is 1. The summed E-state index contributed by atoms with van der Waals surface area (Å²) in [7, 11) is 0. The highest BCUT2D eigenvalue weighted by Crippen LogP contribution is 2.06. The van der Waals surface area contributed by atoms with Crippen LogP contribution in [0.15, 0.2) is 60.7 Å². The summed E-state index contributed by atoms with van der Waals surface area (Å²) in [6, 6.07) is 17.8. The minimum Gasteiger partial charge on any atom is -0.480 e. The van der Waals surface area contributed by atoms with Crippen molar-refractivity contribution in [1.29, 1.82) is 0 Å². The number of hydrogen-bond donors (Lipinski definition) is 4. The lowest BCUT2D eigenvalue weighted by atomic mass is 10.0. The predicted molar refractivity (Wildman–Crippen MR) is 105 cm³/mol. The molecule has 1 unspecified atom stereocenters. The first-order valence-corrected chi connectivity index (χ1v) is 9.18. The molecule has 3 N–H and O–H groups in total. The van der Waals surface area contributed by atoms with E-state index in [-0.39, 0.29) is 11.7 Å². The average molecular weight is 372 g/mol. The zero-order valence-electron chi connectivity index (χ0n) is 14.5. The Morgan fingerprint density at radius 1 is 0.923 bits per heavy atom. The summed E-state index contributed by atoms with van der Waals surface area (Å²) in [5.41, 5.74) is 2.09. The van der Waals surface area contributed by atoms with Crippen molar-refractivity contribution < 1.29 is 14.7 Å². The first-order chi connectivity index (χ1) is 12.6. The van der Waals surface area contributed by atoms with E-state index in [9.17, 15) is 14.7 Å². The standard InChI is InChI=1S/C20H24N2O3S/c23-19(18(14-26)21-13-16-9-5-2-6-10-16)22-17(20(24)25)12-11-15-7-3-1-4-8-15/h1-10,17-18,21,26H,11-14H2,(H,22,23)(H,24,25)/t17?,18-/m0/s1. The zero-order valence-corrected chi connectivity index (χ0v) is 15.4. The number of aliphatic carboxylic acids is 1. The molecule has 0 spiro atoms. The Balaban J connectivity index is 1.88. The second-order valence-corrected chi connectivity index (χ2v) is 6.39. The van der Waals surface area contributed by atoms with E-state index in [4.69, 9.17) is 0 Å². The fourth-order valence-electron chi connectivity index (χ4n) is 2.56. The normalized spacial score (nSPS) is 13.0. The van der Waals surface area contributed by atoms with Crippen molar-refractivity contribution in [2.45, 2.75) is 31.5 Å². The van der Waals surface area contributed by atoms with Crippen LogP contribution in [-0.4, -0.2) is 34.8 Å². The second kappa shape index (κ2) is 10.6. The molecule has 0 radical (unpaired) electrons. The molecule has 0 saturated heterocycles. The van der Waals surface area contributed by atoms with E-state index in [1.807, 2.05) is 60.7 Å². The SMILES string of the molecule is O=C(O)C(CCc1ccccc1)NC(=O)[C@H](CS)NCc1ccccc1. The molecule has 0 saturated carbocycles. The molecule has 0 aromatic heterocycles. The number of hydrogen-bond acceptors (Lipinski definition) is 4. The third kappa shape index (κ3) is 6.54. The number of carboxylic acid groups (broad SMARTS) is 1. The molecule has 2 aromatic rings. The van der Waals surface area contributed by atoms with Crippen LogP contribution < -0.4 is 10.6 Å². The van der Waals surface area contributed by atoms with Gasteiger partial charge in [0, 0.05) is 12.3 Å². The molecule has 2 atom stereocenters. The average Bonchev–Trinajstić information content (AvgIpc) is 2.67. The number of carbonyl (C=O) groups is 2. The minimum atomic E-state index is -1.03. The van der Waals surface area contributed by atoms with Gasteiger partial charge in [0.2, 0.25) is 5.91 Å². The molecule has 138 valence electrons. The van der Waals surface area contributed by atoms with E-state index in [0.29, 0.717) is 19.4 Å². The predicted octanol–water partition coefficient (Wildman–Crippen LogP) is 2.28. The van der Waals surface area contributed by atoms with Gasteiger partial charge in [0.15, 0.2) is 0 Å². The molecule has 2 aromatic carbocycles. The lowest BCUT2D eigenvalue weighted by Gasteiger charge is -2.20. The van der Waals surface area contributed by atoms with Gasteiger partial charge in [0.05, 0.1) is 6.04 Å². The van der Waals surface area contributed by atoms with Gasteiger partial charge in [-0.25, -0.2) is 4.79 Å². The molecule has 0 aliphatic rings. The van der Waals surface area contributed by atoms with Gasteiger partial charge in [0.1, 0.15) is 6.04 Å². The molecular formula is C20H24N2O3S. The van der Waals surface area contributed by atoms with Crippen LogP contribution in [0.2, 0.25) is 0 Å². The van der Waals surface area contributed by atoms with Gasteiger partial charge in [-0.15, -0.1) is 0 Å². The van der Waals surface area contributed by atoms with Gasteiger partial charge in [-0.2, -0.15) is 12.6 Å². The minimum absolute atomic E-state index is 0.281. The van der Waals surface area contributed by atoms with Crippen LogP contribution >= 0.6 is 12.6 Å². The van der Waals surface area contributed by atoms with Crippen LogP contribution in [0.1, 0.15) is 17.5 Å². The number of rotatable bonds is 10. The van der Waals surface area contributed by atoms with Crippen molar-refractivity contribution in [3.8, 4) is 0 Å². The van der Waals surface area contributed by atoms with Crippen LogP contribution in [0.25, 0.3) is 0 Å². The van der Waals surface area contributed by atoms with Gasteiger partial charge in [-0.1, -0.05) is 60.7 Å². The number of carboxylic acids is 1. The van der Waals surface area contributed by atoms with Crippen LogP contribution in [0.4, 0.5) is 0 Å². The molecule has 0 heterocycles. The Kier molecular flexibility index (Phi) is 8.18. The Labute approximate surface area is 159 Å². The maximum absolute atomic E-state index is 12.4. The highest BCUT2D eigenvalue weighted by Gasteiger charge is 2.24. The molecule has 26 heavy (non-hydrogen) atoms. The van der Waals surface area contributed by atoms with Crippen LogP contribution in [0.3, 0.4) is 0 Å². The summed E-state index contributed by atoms with van der Waals surface area (Å²) >= 11 is 4.21. The Bertz CT molecular complexity index is 695. The Morgan fingerprint density at radius 2 is 1.50 bits per heavy atom. The fourth-order valence-corrected chi connectivity index (χ4v) is 2.86. The Hall–Kier alpha value is -2.31. The van der Waals surface area contributed by atoms with Gasteiger partial charge >= 0.3 is 5.97 Å². The Morgan fingerprint density at radius 3 is 2.04 bits per heavy atom. The van der Waals surface area contributed by atoms with Crippen molar-refractivity contribution in [3.05, 3.63) is 71.8 Å². The summed E-state index contributed by atoms with van der Waals surface area (Å²) in [4.78, 5) is 23.9. The topological polar surface area (TPSA) is 78.4 Å². The highest BCUT2D eigenvalue weighted by atomic mass is 32.1. The third-order valence-corrected chi connectivity index (χ3v) is 4.44. The monoisotopic (exact) mass is 372 g/mol. The summed E-state index contributed by atoms with van der Waals surface area (Å²) in [5.74, 6) is -1.10. The number of benzene rings is 2. The molecular weight excluding hydrogens is 348 g/mol. The van der Waals surface area contributed by atoms with Gasteiger partial charge in [-0.3, -0.25) is 4.79 Å². The van der Waals surface area contributed by atoms with E-state index >= 15 is 0 Å². The third-order valence-electron chi connectivity index (χ3n) is 4.07. The van der Waals surface area contributed by atoms with Crippen LogP contribution in [-0.2, 0) is 22.6 Å². The first-order valence-electron chi connectivity index (χ1n) is 8.55. The maximum atomic E-state index is 12.4. The smallest absolute Gasteiger partial charge is 0.326 e. The molecule has 0 bridgehead atoms. The largest absolute Gasteiger partial charge is 0.480 e. The van der Waals surface area contributed by atoms with Crippen molar-refractivity contribution >= 4 is 24.5 Å². The summed E-state index contributed by atoms with van der Waals surface area (Å²) < 4.78 is 0. The van der Waals surface area contributed by atoms with E-state index < -0.39 is 18.1 Å². The molecule has 1 amide bonds. The molecule has 0 fully saturated rings. The van der Waals surface area contributed by atoms with E-state index in [1.165, 1.54) is 0 Å². The molecule has 2 rings (SSSR count). The molecule has 5 nitrogen and oxygen atoms in total. The van der Waals surface area contributed by atoms with Crippen molar-refractivity contribution in [2.75, 3.05) is 5.75 Å². The van der Waals surface area contributed by atoms with Crippen LogP contribution in [0, 0.1) is 0 Å². The zero-order chi connectivity index (χ0) is 18.8. The highest BCUT2D eigenvalue weighted by molar-refractivity contribution is 7.80. The van der Waals surface area contributed by atoms with E-state index in [2.05, 4.69) is 23.3 Å². The van der Waals surface area contributed by atoms with E-state index in [0.717, 1.165) is 11.1 Å². The summed E-state index contributed by atoms with van der Waals surface area (Å²) in [6.07, 6.45) is 0.921. The number of aryl methyl sites for hydroxylation is 1. The van der Waals surface area contributed by atoms with Crippen LogP contribution in [0.5, 0.6) is 0 Å². The number of thiol groups is 1. The molecule has 6 heteroatoms. The van der Waals surface area contributed by atoms with Crippen molar-refractivity contribution in [1.82, 2.24) is 10.6 Å². The lowest BCUT2D eigenvalue weighted by molar-refractivity contribution is -0.142. The quantitative estimate of drug-likeness (QED) is 0.483. The van der Waals surface area contributed by atoms with Gasteiger partial charge < -0.3 is 15.7 Å². The molecule has 0 aliphatic carbocycles. The van der Waals surface area contributed by atoms with Gasteiger partial charge in [-0.05, 0) is 24.0 Å². The number of amides is 1. The molecule has 0 aliphatic heterocycles. The lowest BCUT2D eigenvalue weighted by Crippen LogP contribution is -2.51. The number of nitrogens with one attached hydrogen (secondary N) is 2. The summed E-state index contributed by atoms with van der Waals surface area (Å²) in [6.45, 7) is 0.515. The van der Waals surface area contributed by atoms with E-state index in [1.54, 1.807) is 0 Å². The maximum Gasteiger partial charge on any atom is 0.326 e.